The molecule has 8 heteroatoms. The molecule has 6 rings (SSSR count). The SMILES string of the molecule is CCOC(=O)[C@@H]([Se]c1ccccc1)[C@H]1O[C@H](COCc2ccccc2)[C@@H](OCc2ccccc2)[C@H](OCc2ccccc2)[C@@H]1OCc1ccccc1. The molecule has 7 nitrogen and oxygen atoms in total. The Morgan fingerprint density at radius 2 is 1.00 bits per heavy atom. The predicted octanol–water partition coefficient (Wildman–Crippen LogP) is 7.11. The number of rotatable bonds is 18. The Labute approximate surface area is 313 Å². The van der Waals surface area contributed by atoms with Crippen molar-refractivity contribution in [3.05, 3.63) is 174 Å². The van der Waals surface area contributed by atoms with Gasteiger partial charge in [0.05, 0.1) is 0 Å². The first-order valence-corrected chi connectivity index (χ1v) is 19.6. The minimum atomic E-state index is -0.717. The number of hydrogen-bond donors (Lipinski definition) is 0. The maximum absolute atomic E-state index is 14.0. The monoisotopic (exact) mass is 766 g/mol. The standard InChI is InChI=1S/C44H46O7Se/c1-2-47-44(45)43(52-37-26-16-7-17-27-37)42-41(50-31-36-24-14-6-15-25-36)40(49-30-35-22-12-5-13-23-35)39(48-29-34-20-10-4-11-21-34)38(51-42)32-46-28-33-18-8-3-9-19-33/h3-27,38-43H,2,28-32H2,1H3/t38-,39-,40+,41+,42+,43+/m1/s1. The van der Waals surface area contributed by atoms with E-state index >= 15 is 0 Å². The predicted molar refractivity (Wildman–Crippen MR) is 202 cm³/mol. The summed E-state index contributed by atoms with van der Waals surface area (Å²) < 4.78 is 40.8. The van der Waals surface area contributed by atoms with Gasteiger partial charge in [0, 0.05) is 0 Å². The summed E-state index contributed by atoms with van der Waals surface area (Å²) >= 11 is -0.357. The molecule has 0 spiro atoms. The Hall–Kier alpha value is -4.11. The minimum absolute atomic E-state index is 0.218. The Kier molecular flexibility index (Phi) is 14.6. The second kappa shape index (κ2) is 20.2. The second-order valence-corrected chi connectivity index (χ2v) is 15.1. The van der Waals surface area contributed by atoms with Crippen LogP contribution in [0, 0.1) is 0 Å². The normalized spacial score (nSPS) is 20.6. The molecule has 0 unspecified atom stereocenters. The molecule has 6 atom stereocenters. The van der Waals surface area contributed by atoms with Gasteiger partial charge in [0.15, 0.2) is 0 Å². The van der Waals surface area contributed by atoms with Gasteiger partial charge in [-0.15, -0.1) is 0 Å². The molecule has 0 aliphatic carbocycles. The first-order valence-electron chi connectivity index (χ1n) is 17.8. The molecule has 1 aliphatic rings. The molecular weight excluding hydrogens is 719 g/mol. The fraction of sp³-hybridized carbons (Fsp3) is 0.295. The van der Waals surface area contributed by atoms with E-state index in [1.54, 1.807) is 0 Å². The second-order valence-electron chi connectivity index (χ2n) is 12.5. The zero-order valence-corrected chi connectivity index (χ0v) is 31.1. The maximum atomic E-state index is 14.0. The van der Waals surface area contributed by atoms with Crippen LogP contribution in [0.2, 0.25) is 4.82 Å². The third-order valence-corrected chi connectivity index (χ3v) is 11.4. The summed E-state index contributed by atoms with van der Waals surface area (Å²) in [5.74, 6) is -0.320. The van der Waals surface area contributed by atoms with E-state index in [0.29, 0.717) is 26.4 Å². The first-order chi connectivity index (χ1) is 25.7. The van der Waals surface area contributed by atoms with Gasteiger partial charge in [0.1, 0.15) is 0 Å². The van der Waals surface area contributed by atoms with Gasteiger partial charge in [-0.2, -0.15) is 0 Å². The van der Waals surface area contributed by atoms with Crippen molar-refractivity contribution in [3.63, 3.8) is 0 Å². The van der Waals surface area contributed by atoms with Crippen molar-refractivity contribution in [1.82, 2.24) is 0 Å². The molecule has 0 bridgehead atoms. The molecule has 52 heavy (non-hydrogen) atoms. The molecule has 0 saturated carbocycles. The molecule has 1 aliphatic heterocycles. The zero-order chi connectivity index (χ0) is 35.8. The summed E-state index contributed by atoms with van der Waals surface area (Å²) in [6.07, 6.45) is -3.21. The van der Waals surface area contributed by atoms with Crippen LogP contribution < -0.4 is 4.46 Å². The van der Waals surface area contributed by atoms with Gasteiger partial charge in [0.2, 0.25) is 0 Å². The Morgan fingerprint density at radius 3 is 1.48 bits per heavy atom. The quantitative estimate of drug-likeness (QED) is 0.0696. The molecule has 0 N–H and O–H groups in total. The Bertz CT molecular complexity index is 1730. The van der Waals surface area contributed by atoms with Gasteiger partial charge in [-0.1, -0.05) is 0 Å². The summed E-state index contributed by atoms with van der Waals surface area (Å²) in [5, 5.41) is 0. The summed E-state index contributed by atoms with van der Waals surface area (Å²) in [5.41, 5.74) is 4.09. The molecule has 0 radical (unpaired) electrons. The van der Waals surface area contributed by atoms with E-state index in [-0.39, 0.29) is 34.1 Å². The van der Waals surface area contributed by atoms with E-state index < -0.39 is 35.3 Å². The molecule has 0 amide bonds. The fourth-order valence-electron chi connectivity index (χ4n) is 6.19. The van der Waals surface area contributed by atoms with Crippen LogP contribution in [0.1, 0.15) is 29.2 Å². The van der Waals surface area contributed by atoms with E-state index in [1.807, 2.05) is 159 Å². The van der Waals surface area contributed by atoms with Gasteiger partial charge >= 0.3 is 314 Å². The Balaban J connectivity index is 1.39. The van der Waals surface area contributed by atoms with E-state index in [0.717, 1.165) is 26.7 Å². The van der Waals surface area contributed by atoms with E-state index in [1.165, 1.54) is 0 Å². The zero-order valence-electron chi connectivity index (χ0n) is 29.4. The van der Waals surface area contributed by atoms with E-state index in [2.05, 4.69) is 0 Å². The van der Waals surface area contributed by atoms with Crippen LogP contribution in [0.25, 0.3) is 0 Å². The van der Waals surface area contributed by atoms with Crippen LogP contribution in [-0.2, 0) is 59.6 Å². The van der Waals surface area contributed by atoms with Gasteiger partial charge in [-0.05, 0) is 0 Å². The van der Waals surface area contributed by atoms with Crippen molar-refractivity contribution in [3.8, 4) is 0 Å². The summed E-state index contributed by atoms with van der Waals surface area (Å²) in [4.78, 5) is 13.4. The summed E-state index contributed by atoms with van der Waals surface area (Å²) in [6.45, 7) is 3.65. The average Bonchev–Trinajstić information content (AvgIpc) is 3.20. The third kappa shape index (κ3) is 11.0. The van der Waals surface area contributed by atoms with Gasteiger partial charge in [-0.3, -0.25) is 0 Å². The van der Waals surface area contributed by atoms with Crippen molar-refractivity contribution in [2.45, 2.75) is 68.7 Å². The van der Waals surface area contributed by atoms with Crippen LogP contribution >= 0.6 is 0 Å². The van der Waals surface area contributed by atoms with Crippen molar-refractivity contribution >= 4 is 25.4 Å². The van der Waals surface area contributed by atoms with Crippen molar-refractivity contribution in [2.75, 3.05) is 13.2 Å². The number of hydrogen-bond acceptors (Lipinski definition) is 7. The molecule has 1 heterocycles. The van der Waals surface area contributed by atoms with Crippen LogP contribution in [-0.4, -0.2) is 64.7 Å². The number of carbonyl (C=O) groups is 1. The molecule has 1 fully saturated rings. The van der Waals surface area contributed by atoms with E-state index in [4.69, 9.17) is 28.4 Å². The summed E-state index contributed by atoms with van der Waals surface area (Å²) in [7, 11) is 0. The molecular formula is C44H46O7Se. The van der Waals surface area contributed by atoms with Crippen molar-refractivity contribution < 1.29 is 33.2 Å². The first kappa shape index (κ1) is 37.6. The van der Waals surface area contributed by atoms with Crippen molar-refractivity contribution in [1.29, 1.82) is 0 Å². The van der Waals surface area contributed by atoms with Gasteiger partial charge in [0.25, 0.3) is 0 Å². The third-order valence-electron chi connectivity index (χ3n) is 8.74. The van der Waals surface area contributed by atoms with Crippen LogP contribution in [0.5, 0.6) is 0 Å². The number of carbonyl (C=O) groups excluding carboxylic acids is 1. The molecule has 5 aromatic carbocycles. The van der Waals surface area contributed by atoms with E-state index in [9.17, 15) is 4.79 Å². The topological polar surface area (TPSA) is 72.5 Å². The van der Waals surface area contributed by atoms with Crippen LogP contribution in [0.4, 0.5) is 0 Å². The molecule has 1 saturated heterocycles. The van der Waals surface area contributed by atoms with Crippen molar-refractivity contribution in [2.24, 2.45) is 0 Å². The summed E-state index contributed by atoms with van der Waals surface area (Å²) in [6, 6.07) is 50.2. The molecule has 5 aromatic rings. The van der Waals surface area contributed by atoms with Gasteiger partial charge in [-0.25, -0.2) is 0 Å². The van der Waals surface area contributed by atoms with Crippen LogP contribution in [0.3, 0.4) is 0 Å². The number of benzene rings is 5. The fourth-order valence-corrected chi connectivity index (χ4v) is 8.55. The Morgan fingerprint density at radius 1 is 0.577 bits per heavy atom. The molecule has 270 valence electrons. The van der Waals surface area contributed by atoms with Crippen LogP contribution in [0.15, 0.2) is 152 Å². The molecule has 0 aromatic heterocycles. The average molecular weight is 766 g/mol. The number of esters is 1. The number of ether oxygens (including phenoxy) is 6. The van der Waals surface area contributed by atoms with Gasteiger partial charge < -0.3 is 0 Å².